The van der Waals surface area contributed by atoms with Crippen LogP contribution in [0.2, 0.25) is 0 Å². The van der Waals surface area contributed by atoms with Crippen LogP contribution in [-0.4, -0.2) is 16.5 Å². The van der Waals surface area contributed by atoms with Crippen molar-refractivity contribution >= 4 is 16.9 Å². The fraction of sp³-hybridized carbons (Fsp3) is 0.800. The molecule has 2 nitrogen and oxygen atoms in total. The number of fused-ring (bicyclic) bond motifs is 1. The van der Waals surface area contributed by atoms with Crippen molar-refractivity contribution in [2.24, 2.45) is 4.99 Å². The summed E-state index contributed by atoms with van der Waals surface area (Å²) < 4.78 is 0. The summed E-state index contributed by atoms with van der Waals surface area (Å²) >= 11 is 1.88. The molecule has 0 bridgehead atoms. The fourth-order valence-corrected chi connectivity index (χ4v) is 4.44. The summed E-state index contributed by atoms with van der Waals surface area (Å²) in [6, 6.07) is 0. The molecule has 0 aromatic rings. The number of nitrogens with zero attached hydrogens (tertiary/aromatic N) is 1. The molecule has 3 aliphatic rings. The molecular weight excluding hydrogens is 367 g/mol. The van der Waals surface area contributed by atoms with Gasteiger partial charge in [-0.2, -0.15) is 0 Å². The maximum absolute atomic E-state index is 5.16. The van der Waals surface area contributed by atoms with Crippen LogP contribution < -0.4 is 29.3 Å². The molecule has 0 atom stereocenters. The van der Waals surface area contributed by atoms with Crippen molar-refractivity contribution in [2.45, 2.75) is 70.3 Å². The van der Waals surface area contributed by atoms with Crippen LogP contribution in [0.4, 0.5) is 0 Å². The number of thioether (sulfide) groups is 1. The first-order valence-electron chi connectivity index (χ1n) is 7.56. The van der Waals surface area contributed by atoms with E-state index in [-0.39, 0.29) is 29.5 Å². The van der Waals surface area contributed by atoms with E-state index in [1.165, 1.54) is 68.7 Å². The quantitative estimate of drug-likeness (QED) is 0.681. The lowest BCUT2D eigenvalue weighted by Gasteiger charge is -2.42. The minimum atomic E-state index is 0. The van der Waals surface area contributed by atoms with Crippen LogP contribution >= 0.6 is 11.8 Å². The number of halogens is 1. The van der Waals surface area contributed by atoms with Gasteiger partial charge in [-0.1, -0.05) is 37.9 Å². The predicted molar refractivity (Wildman–Crippen MR) is 80.0 cm³/mol. The first kappa shape index (κ1) is 15.7. The van der Waals surface area contributed by atoms with Crippen LogP contribution in [0.15, 0.2) is 16.3 Å². The first-order valence-corrected chi connectivity index (χ1v) is 8.55. The average Bonchev–Trinajstić information content (AvgIpc) is 2.40. The molecule has 0 saturated heterocycles. The molecular formula is C15H24IN2S-. The lowest BCUT2D eigenvalue weighted by atomic mass is 9.72. The number of nitrogens with one attached hydrogen (secondary N) is 1. The highest BCUT2D eigenvalue weighted by Gasteiger charge is 2.40. The van der Waals surface area contributed by atoms with Crippen molar-refractivity contribution in [2.75, 3.05) is 5.75 Å². The fourth-order valence-electron chi connectivity index (χ4n) is 3.73. The smallest absolute Gasteiger partial charge is 0.161 e. The van der Waals surface area contributed by atoms with Gasteiger partial charge in [0, 0.05) is 5.70 Å². The Bertz CT molecular complexity index is 384. The van der Waals surface area contributed by atoms with Crippen molar-refractivity contribution in [3.8, 4) is 0 Å². The van der Waals surface area contributed by atoms with Gasteiger partial charge in [0.05, 0.1) is 5.54 Å². The topological polar surface area (TPSA) is 24.4 Å². The minimum Gasteiger partial charge on any atom is -1.00 e. The highest BCUT2D eigenvalue weighted by atomic mass is 127. The molecule has 1 heterocycles. The summed E-state index contributed by atoms with van der Waals surface area (Å²) in [4.78, 5) is 5.16. The van der Waals surface area contributed by atoms with Crippen molar-refractivity contribution < 1.29 is 24.0 Å². The van der Waals surface area contributed by atoms with E-state index in [0.29, 0.717) is 0 Å². The van der Waals surface area contributed by atoms with E-state index in [0.717, 1.165) is 5.75 Å². The molecule has 19 heavy (non-hydrogen) atoms. The zero-order valence-corrected chi connectivity index (χ0v) is 14.8. The van der Waals surface area contributed by atoms with Gasteiger partial charge in [0.15, 0.2) is 5.17 Å². The molecule has 0 unspecified atom stereocenters. The Morgan fingerprint density at radius 1 is 1.11 bits per heavy atom. The third-order valence-electron chi connectivity index (χ3n) is 4.56. The molecule has 4 heteroatoms. The maximum atomic E-state index is 5.16. The molecule has 1 aliphatic heterocycles. The Balaban J connectivity index is 0.00000133. The number of hydrogen-bond acceptors (Lipinski definition) is 3. The molecule has 3 rings (SSSR count). The van der Waals surface area contributed by atoms with E-state index in [4.69, 9.17) is 4.99 Å². The van der Waals surface area contributed by atoms with Gasteiger partial charge in [0.2, 0.25) is 0 Å². The number of amidine groups is 1. The summed E-state index contributed by atoms with van der Waals surface area (Å²) in [6.07, 6.45) is 12.0. The number of hydrogen-bond donors (Lipinski definition) is 1. The van der Waals surface area contributed by atoms with Crippen molar-refractivity contribution in [1.82, 2.24) is 5.32 Å². The van der Waals surface area contributed by atoms with Gasteiger partial charge in [-0.15, -0.1) is 0 Å². The Kier molecular flexibility index (Phi) is 5.64. The summed E-state index contributed by atoms with van der Waals surface area (Å²) in [7, 11) is 0. The molecule has 1 spiro atoms. The van der Waals surface area contributed by atoms with Crippen LogP contribution in [0.5, 0.6) is 0 Å². The lowest BCUT2D eigenvalue weighted by molar-refractivity contribution is -0.00000404. The predicted octanol–water partition coefficient (Wildman–Crippen LogP) is 1.23. The van der Waals surface area contributed by atoms with E-state index in [2.05, 4.69) is 12.2 Å². The van der Waals surface area contributed by atoms with Gasteiger partial charge in [-0.25, -0.2) is 0 Å². The van der Waals surface area contributed by atoms with E-state index >= 15 is 0 Å². The second kappa shape index (κ2) is 6.83. The number of rotatable bonds is 1. The van der Waals surface area contributed by atoms with E-state index in [9.17, 15) is 0 Å². The minimum absolute atomic E-state index is 0. The first-order chi connectivity index (χ1) is 8.84. The Hall–Kier alpha value is 0.290. The third kappa shape index (κ3) is 3.14. The zero-order chi connectivity index (χ0) is 12.4. The van der Waals surface area contributed by atoms with Crippen molar-refractivity contribution in [1.29, 1.82) is 0 Å². The van der Waals surface area contributed by atoms with Crippen LogP contribution in [0, 0.1) is 0 Å². The van der Waals surface area contributed by atoms with Crippen molar-refractivity contribution in [3.63, 3.8) is 0 Å². The molecule has 0 aromatic heterocycles. The summed E-state index contributed by atoms with van der Waals surface area (Å²) in [5.74, 6) is 1.12. The lowest BCUT2D eigenvalue weighted by Crippen LogP contribution is -3.00. The van der Waals surface area contributed by atoms with Crippen LogP contribution in [0.25, 0.3) is 0 Å². The number of aliphatic imine (C=N–C) groups is 1. The van der Waals surface area contributed by atoms with E-state index < -0.39 is 0 Å². The highest BCUT2D eigenvalue weighted by Crippen LogP contribution is 2.45. The molecule has 0 amide bonds. The monoisotopic (exact) mass is 391 g/mol. The summed E-state index contributed by atoms with van der Waals surface area (Å²) in [6.45, 7) is 2.22. The van der Waals surface area contributed by atoms with Gasteiger partial charge in [0.1, 0.15) is 0 Å². The Labute approximate surface area is 138 Å². The molecule has 1 fully saturated rings. The maximum Gasteiger partial charge on any atom is 0.161 e. The Morgan fingerprint density at radius 2 is 1.84 bits per heavy atom. The third-order valence-corrected chi connectivity index (χ3v) is 5.32. The van der Waals surface area contributed by atoms with E-state index in [1.54, 1.807) is 5.57 Å². The largest absolute Gasteiger partial charge is 1.00 e. The normalized spacial score (nSPS) is 25.2. The zero-order valence-electron chi connectivity index (χ0n) is 11.8. The number of allylic oxidation sites excluding steroid dienone is 1. The molecule has 0 radical (unpaired) electrons. The molecule has 0 aromatic carbocycles. The SMILES string of the molecule is CCSC1=NC2(CCCCC2)C2=C(CCCC2)N1.[I-]. The van der Waals surface area contributed by atoms with Crippen LogP contribution in [-0.2, 0) is 0 Å². The molecule has 1 saturated carbocycles. The Morgan fingerprint density at radius 3 is 2.58 bits per heavy atom. The van der Waals surface area contributed by atoms with Gasteiger partial charge < -0.3 is 29.3 Å². The molecule has 2 aliphatic carbocycles. The summed E-state index contributed by atoms with van der Waals surface area (Å²) in [5, 5.41) is 4.81. The second-order valence-electron chi connectivity index (χ2n) is 5.73. The van der Waals surface area contributed by atoms with Gasteiger partial charge in [-0.05, 0) is 49.9 Å². The van der Waals surface area contributed by atoms with Gasteiger partial charge in [0.25, 0.3) is 0 Å². The standard InChI is InChI=1S/C15H24N2S.HI/c1-2-18-14-16-13-9-5-4-8-12(13)15(17-14)10-6-3-7-11-15;/h2-11H2,1H3,(H,16,17);1H/p-1. The van der Waals surface area contributed by atoms with Gasteiger partial charge >= 0.3 is 0 Å². The van der Waals surface area contributed by atoms with Crippen molar-refractivity contribution in [3.05, 3.63) is 11.3 Å². The van der Waals surface area contributed by atoms with E-state index in [1.807, 2.05) is 11.8 Å². The highest BCUT2D eigenvalue weighted by molar-refractivity contribution is 8.13. The molecule has 108 valence electrons. The summed E-state index contributed by atoms with van der Waals surface area (Å²) in [5.41, 5.74) is 3.42. The second-order valence-corrected chi connectivity index (χ2v) is 6.98. The molecule has 1 N–H and O–H groups in total. The van der Waals surface area contributed by atoms with Crippen LogP contribution in [0.1, 0.15) is 64.7 Å². The average molecular weight is 391 g/mol. The van der Waals surface area contributed by atoms with Gasteiger partial charge in [-0.3, -0.25) is 4.99 Å². The van der Waals surface area contributed by atoms with Crippen LogP contribution in [0.3, 0.4) is 0 Å².